The second-order valence-corrected chi connectivity index (χ2v) is 5.81. The first-order valence-electron chi connectivity index (χ1n) is 6.32. The molecule has 0 unspecified atom stereocenters. The molecule has 110 valence electrons. The number of nitrogens with zero attached hydrogens (tertiary/aromatic N) is 1. The summed E-state index contributed by atoms with van der Waals surface area (Å²) in [7, 11) is 0. The lowest BCUT2D eigenvalue weighted by Gasteiger charge is -2.09. The van der Waals surface area contributed by atoms with E-state index in [2.05, 4.69) is 15.6 Å². The molecule has 1 aromatic carbocycles. The molecule has 0 bridgehead atoms. The zero-order valence-electron chi connectivity index (χ0n) is 11.8. The third-order valence-corrected chi connectivity index (χ3v) is 3.61. The predicted octanol–water partition coefficient (Wildman–Crippen LogP) is 1.91. The molecule has 2 rings (SSSR count). The molecule has 2 aromatic rings. The number of primary amides is 1. The van der Waals surface area contributed by atoms with Gasteiger partial charge in [-0.1, -0.05) is 0 Å². The van der Waals surface area contributed by atoms with Crippen LogP contribution in [-0.2, 0) is 4.79 Å². The maximum absolute atomic E-state index is 12.2. The highest BCUT2D eigenvalue weighted by Gasteiger charge is 2.11. The van der Waals surface area contributed by atoms with Crippen LogP contribution in [0.2, 0.25) is 0 Å². The Bertz CT molecular complexity index is 681. The van der Waals surface area contributed by atoms with Crippen LogP contribution in [0.3, 0.4) is 0 Å². The van der Waals surface area contributed by atoms with Crippen LogP contribution in [0, 0.1) is 13.8 Å². The topological polar surface area (TPSA) is 97.1 Å². The smallest absolute Gasteiger partial charge is 0.257 e. The number of carbonyl (C=O) groups is 2. The second kappa shape index (κ2) is 6.36. The average Bonchev–Trinajstić information content (AvgIpc) is 2.81. The number of anilines is 2. The van der Waals surface area contributed by atoms with E-state index in [1.807, 2.05) is 13.8 Å². The highest BCUT2D eigenvalue weighted by molar-refractivity contribution is 7.15. The summed E-state index contributed by atoms with van der Waals surface area (Å²) < 4.78 is 0. The molecule has 0 aliphatic rings. The van der Waals surface area contributed by atoms with Gasteiger partial charge >= 0.3 is 0 Å². The molecule has 0 aliphatic carbocycles. The van der Waals surface area contributed by atoms with E-state index in [-0.39, 0.29) is 12.5 Å². The molecule has 0 saturated heterocycles. The first kappa shape index (κ1) is 15.0. The SMILES string of the molecule is Cc1cnc(NC(=O)c2ccc(NCC(N)=O)cc2C)s1. The van der Waals surface area contributed by atoms with Gasteiger partial charge in [0.2, 0.25) is 5.91 Å². The molecule has 0 saturated carbocycles. The molecule has 7 heteroatoms. The van der Waals surface area contributed by atoms with Crippen molar-refractivity contribution < 1.29 is 9.59 Å². The average molecular weight is 304 g/mol. The lowest BCUT2D eigenvalue weighted by atomic mass is 10.1. The fraction of sp³-hybridized carbons (Fsp3) is 0.214. The largest absolute Gasteiger partial charge is 0.376 e. The number of nitrogens with two attached hydrogens (primary N) is 1. The molecule has 6 nitrogen and oxygen atoms in total. The van der Waals surface area contributed by atoms with Crippen molar-refractivity contribution in [3.05, 3.63) is 40.4 Å². The first-order chi connectivity index (χ1) is 9.95. The molecule has 0 fully saturated rings. The number of carbonyl (C=O) groups excluding carboxylic acids is 2. The number of aryl methyl sites for hydroxylation is 2. The number of aromatic nitrogens is 1. The summed E-state index contributed by atoms with van der Waals surface area (Å²) in [6.45, 7) is 3.82. The quantitative estimate of drug-likeness (QED) is 0.786. The van der Waals surface area contributed by atoms with E-state index >= 15 is 0 Å². The number of hydrogen-bond donors (Lipinski definition) is 3. The maximum Gasteiger partial charge on any atom is 0.257 e. The van der Waals surface area contributed by atoms with Crippen LogP contribution in [0.25, 0.3) is 0 Å². The Kier molecular flexibility index (Phi) is 4.54. The molecular formula is C14H16N4O2S. The summed E-state index contributed by atoms with van der Waals surface area (Å²) in [5.41, 5.74) is 7.18. The Morgan fingerprint density at radius 3 is 2.67 bits per heavy atom. The van der Waals surface area contributed by atoms with Gasteiger partial charge in [-0.15, -0.1) is 11.3 Å². The molecule has 0 atom stereocenters. The lowest BCUT2D eigenvalue weighted by Crippen LogP contribution is -2.22. The minimum atomic E-state index is -0.436. The number of amides is 2. The molecule has 0 spiro atoms. The van der Waals surface area contributed by atoms with Crippen LogP contribution >= 0.6 is 11.3 Å². The minimum Gasteiger partial charge on any atom is -0.376 e. The van der Waals surface area contributed by atoms with E-state index in [1.165, 1.54) is 11.3 Å². The van der Waals surface area contributed by atoms with Crippen molar-refractivity contribution in [1.29, 1.82) is 0 Å². The van der Waals surface area contributed by atoms with Gasteiger partial charge in [-0.25, -0.2) is 4.98 Å². The van der Waals surface area contributed by atoms with Gasteiger partial charge in [0.1, 0.15) is 0 Å². The fourth-order valence-electron chi connectivity index (χ4n) is 1.79. The van der Waals surface area contributed by atoms with Gasteiger partial charge in [0, 0.05) is 22.3 Å². The van der Waals surface area contributed by atoms with Gasteiger partial charge in [0.25, 0.3) is 5.91 Å². The third-order valence-electron chi connectivity index (χ3n) is 2.78. The molecule has 0 aliphatic heterocycles. The zero-order chi connectivity index (χ0) is 15.4. The van der Waals surface area contributed by atoms with Gasteiger partial charge in [-0.2, -0.15) is 0 Å². The second-order valence-electron chi connectivity index (χ2n) is 4.58. The Morgan fingerprint density at radius 2 is 2.10 bits per heavy atom. The van der Waals surface area contributed by atoms with E-state index < -0.39 is 5.91 Å². The number of hydrogen-bond acceptors (Lipinski definition) is 5. The summed E-state index contributed by atoms with van der Waals surface area (Å²) in [5.74, 6) is -0.642. The summed E-state index contributed by atoms with van der Waals surface area (Å²) in [6, 6.07) is 5.23. The fourth-order valence-corrected chi connectivity index (χ4v) is 2.45. The van der Waals surface area contributed by atoms with Gasteiger partial charge in [-0.05, 0) is 37.6 Å². The molecular weight excluding hydrogens is 288 g/mol. The summed E-state index contributed by atoms with van der Waals surface area (Å²) in [4.78, 5) is 28.0. The van der Waals surface area contributed by atoms with Crippen LogP contribution in [0.4, 0.5) is 10.8 Å². The van der Waals surface area contributed by atoms with E-state index in [0.29, 0.717) is 10.7 Å². The Hall–Kier alpha value is -2.41. The van der Waals surface area contributed by atoms with Gasteiger partial charge in [-0.3, -0.25) is 14.9 Å². The standard InChI is InChI=1S/C14H16N4O2S/c1-8-5-10(16-7-12(15)19)3-4-11(8)13(20)18-14-17-6-9(2)21-14/h3-6,16H,7H2,1-2H3,(H2,15,19)(H,17,18,20). The maximum atomic E-state index is 12.2. The molecule has 0 radical (unpaired) electrons. The first-order valence-corrected chi connectivity index (χ1v) is 7.14. The number of rotatable bonds is 5. The Labute approximate surface area is 126 Å². The molecule has 1 heterocycles. The van der Waals surface area contributed by atoms with Gasteiger partial charge < -0.3 is 11.1 Å². The van der Waals surface area contributed by atoms with Crippen LogP contribution in [-0.4, -0.2) is 23.3 Å². The van der Waals surface area contributed by atoms with E-state index in [1.54, 1.807) is 24.4 Å². The van der Waals surface area contributed by atoms with Crippen LogP contribution in [0.15, 0.2) is 24.4 Å². The van der Waals surface area contributed by atoms with Crippen LogP contribution < -0.4 is 16.4 Å². The van der Waals surface area contributed by atoms with Crippen molar-refractivity contribution in [2.75, 3.05) is 17.2 Å². The monoisotopic (exact) mass is 304 g/mol. The van der Waals surface area contributed by atoms with Crippen LogP contribution in [0.1, 0.15) is 20.8 Å². The predicted molar refractivity (Wildman–Crippen MR) is 83.7 cm³/mol. The Balaban J connectivity index is 2.09. The van der Waals surface area contributed by atoms with E-state index in [9.17, 15) is 9.59 Å². The zero-order valence-corrected chi connectivity index (χ0v) is 12.6. The van der Waals surface area contributed by atoms with Crippen molar-refractivity contribution in [3.63, 3.8) is 0 Å². The van der Waals surface area contributed by atoms with Crippen molar-refractivity contribution in [3.8, 4) is 0 Å². The lowest BCUT2D eigenvalue weighted by molar-refractivity contribution is -0.116. The Morgan fingerprint density at radius 1 is 1.33 bits per heavy atom. The normalized spacial score (nSPS) is 10.2. The third kappa shape index (κ3) is 4.03. The molecule has 4 N–H and O–H groups in total. The van der Waals surface area contributed by atoms with Crippen molar-refractivity contribution in [2.45, 2.75) is 13.8 Å². The molecule has 2 amide bonds. The number of nitrogens with one attached hydrogen (secondary N) is 2. The highest BCUT2D eigenvalue weighted by Crippen LogP contribution is 2.20. The molecule has 1 aromatic heterocycles. The van der Waals surface area contributed by atoms with Crippen molar-refractivity contribution in [1.82, 2.24) is 4.98 Å². The number of thiazole rings is 1. The van der Waals surface area contributed by atoms with Crippen molar-refractivity contribution >= 4 is 34.0 Å². The van der Waals surface area contributed by atoms with Gasteiger partial charge in [0.05, 0.1) is 6.54 Å². The van der Waals surface area contributed by atoms with E-state index in [4.69, 9.17) is 5.73 Å². The van der Waals surface area contributed by atoms with Gasteiger partial charge in [0.15, 0.2) is 5.13 Å². The number of benzene rings is 1. The molecule has 21 heavy (non-hydrogen) atoms. The van der Waals surface area contributed by atoms with Crippen molar-refractivity contribution in [2.24, 2.45) is 5.73 Å². The highest BCUT2D eigenvalue weighted by atomic mass is 32.1. The minimum absolute atomic E-state index is 0.0589. The summed E-state index contributed by atoms with van der Waals surface area (Å²) in [6.07, 6.45) is 1.71. The van der Waals surface area contributed by atoms with E-state index in [0.717, 1.165) is 16.1 Å². The summed E-state index contributed by atoms with van der Waals surface area (Å²) in [5, 5.41) is 6.23. The summed E-state index contributed by atoms with van der Waals surface area (Å²) >= 11 is 1.42. The van der Waals surface area contributed by atoms with Crippen LogP contribution in [0.5, 0.6) is 0 Å².